The zero-order valence-electron chi connectivity index (χ0n) is 8.60. The van der Waals surface area contributed by atoms with Crippen molar-refractivity contribution in [2.75, 3.05) is 0 Å². The van der Waals surface area contributed by atoms with Gasteiger partial charge in [0.15, 0.2) is 5.78 Å². The van der Waals surface area contributed by atoms with Crippen molar-refractivity contribution in [3.8, 4) is 0 Å². The fourth-order valence-electron chi connectivity index (χ4n) is 2.91. The molecule has 0 saturated heterocycles. The monoisotopic (exact) mass is 178 g/mol. The van der Waals surface area contributed by atoms with E-state index in [9.17, 15) is 4.79 Å². The minimum Gasteiger partial charge on any atom is -0.295 e. The third-order valence-electron chi connectivity index (χ3n) is 3.70. The van der Waals surface area contributed by atoms with Crippen LogP contribution < -0.4 is 0 Å². The summed E-state index contributed by atoms with van der Waals surface area (Å²) in [7, 11) is 0. The number of hydrogen-bond donors (Lipinski definition) is 0. The van der Waals surface area contributed by atoms with Crippen molar-refractivity contribution in [1.29, 1.82) is 0 Å². The number of allylic oxidation sites excluding steroid dienone is 2. The molecule has 0 spiro atoms. The van der Waals surface area contributed by atoms with Gasteiger partial charge in [0.25, 0.3) is 0 Å². The largest absolute Gasteiger partial charge is 0.295 e. The summed E-state index contributed by atoms with van der Waals surface area (Å²) in [5.74, 6) is 1.04. The van der Waals surface area contributed by atoms with Gasteiger partial charge in [0.2, 0.25) is 0 Å². The Kier molecular flexibility index (Phi) is 2.05. The second-order valence-corrected chi connectivity index (χ2v) is 5.12. The van der Waals surface area contributed by atoms with Gasteiger partial charge in [-0.05, 0) is 43.1 Å². The molecule has 0 radical (unpaired) electrons. The van der Waals surface area contributed by atoms with Crippen LogP contribution in [0.15, 0.2) is 11.6 Å². The van der Waals surface area contributed by atoms with E-state index in [1.807, 2.05) is 6.08 Å². The number of carbonyl (C=O) groups excluding carboxylic acids is 1. The molecule has 0 heterocycles. The van der Waals surface area contributed by atoms with Crippen LogP contribution in [0.2, 0.25) is 0 Å². The predicted octanol–water partition coefficient (Wildman–Crippen LogP) is 3.10. The molecule has 0 aromatic heterocycles. The van der Waals surface area contributed by atoms with Gasteiger partial charge in [-0.2, -0.15) is 0 Å². The third-order valence-corrected chi connectivity index (χ3v) is 3.70. The standard InChI is InChI=1S/C12H18O/c1-12(2)7-3-4-9-8-10(13)5-6-11(9)12/h8,11H,3-7H2,1-2H3. The summed E-state index contributed by atoms with van der Waals surface area (Å²) in [5.41, 5.74) is 1.87. The van der Waals surface area contributed by atoms with Crippen molar-refractivity contribution in [2.45, 2.75) is 46.0 Å². The molecule has 0 amide bonds. The molecule has 0 bridgehead atoms. The predicted molar refractivity (Wildman–Crippen MR) is 53.4 cm³/mol. The first-order valence-electron chi connectivity index (χ1n) is 5.33. The van der Waals surface area contributed by atoms with Gasteiger partial charge in [-0.3, -0.25) is 4.79 Å². The molecule has 0 aliphatic heterocycles. The van der Waals surface area contributed by atoms with Crippen molar-refractivity contribution < 1.29 is 4.79 Å². The van der Waals surface area contributed by atoms with Gasteiger partial charge in [-0.25, -0.2) is 0 Å². The molecule has 13 heavy (non-hydrogen) atoms. The number of carbonyl (C=O) groups is 1. The van der Waals surface area contributed by atoms with E-state index in [4.69, 9.17) is 0 Å². The molecule has 1 nitrogen and oxygen atoms in total. The molecule has 1 unspecified atom stereocenters. The Hall–Kier alpha value is -0.590. The van der Waals surface area contributed by atoms with Gasteiger partial charge < -0.3 is 0 Å². The average molecular weight is 178 g/mol. The van der Waals surface area contributed by atoms with Crippen molar-refractivity contribution >= 4 is 5.78 Å². The summed E-state index contributed by atoms with van der Waals surface area (Å²) >= 11 is 0. The quantitative estimate of drug-likeness (QED) is 0.557. The lowest BCUT2D eigenvalue weighted by Crippen LogP contribution is -2.32. The van der Waals surface area contributed by atoms with E-state index in [0.29, 0.717) is 17.1 Å². The summed E-state index contributed by atoms with van der Waals surface area (Å²) in [6, 6.07) is 0. The molecule has 72 valence electrons. The number of hydrogen-bond acceptors (Lipinski definition) is 1. The van der Waals surface area contributed by atoms with Crippen molar-refractivity contribution in [3.05, 3.63) is 11.6 Å². The maximum absolute atomic E-state index is 11.3. The lowest BCUT2D eigenvalue weighted by molar-refractivity contribution is -0.115. The molecule has 1 atom stereocenters. The first-order valence-corrected chi connectivity index (χ1v) is 5.33. The third kappa shape index (κ3) is 1.56. The van der Waals surface area contributed by atoms with Gasteiger partial charge in [0.1, 0.15) is 0 Å². The fraction of sp³-hybridized carbons (Fsp3) is 0.750. The number of ketones is 1. The molecule has 2 aliphatic carbocycles. The van der Waals surface area contributed by atoms with E-state index in [1.165, 1.54) is 24.8 Å². The zero-order valence-corrected chi connectivity index (χ0v) is 8.60. The van der Waals surface area contributed by atoms with Crippen molar-refractivity contribution in [2.24, 2.45) is 11.3 Å². The second-order valence-electron chi connectivity index (χ2n) is 5.12. The highest BCUT2D eigenvalue weighted by atomic mass is 16.1. The van der Waals surface area contributed by atoms with E-state index in [2.05, 4.69) is 13.8 Å². The molecule has 1 saturated carbocycles. The van der Waals surface area contributed by atoms with Crippen LogP contribution in [0.4, 0.5) is 0 Å². The maximum atomic E-state index is 11.3. The summed E-state index contributed by atoms with van der Waals surface area (Å²) in [6.45, 7) is 4.70. The van der Waals surface area contributed by atoms with Gasteiger partial charge in [0.05, 0.1) is 0 Å². The highest BCUT2D eigenvalue weighted by Crippen LogP contribution is 2.47. The van der Waals surface area contributed by atoms with E-state index < -0.39 is 0 Å². The van der Waals surface area contributed by atoms with Crippen LogP contribution in [0.3, 0.4) is 0 Å². The van der Waals surface area contributed by atoms with Crippen LogP contribution in [0.1, 0.15) is 46.0 Å². The molecule has 2 rings (SSSR count). The van der Waals surface area contributed by atoms with Crippen molar-refractivity contribution in [3.63, 3.8) is 0 Å². The lowest BCUT2D eigenvalue weighted by Gasteiger charge is -2.42. The van der Waals surface area contributed by atoms with Gasteiger partial charge in [-0.1, -0.05) is 19.4 Å². The van der Waals surface area contributed by atoms with E-state index in [0.717, 1.165) is 12.8 Å². The van der Waals surface area contributed by atoms with Crippen LogP contribution in [0, 0.1) is 11.3 Å². The van der Waals surface area contributed by atoms with E-state index >= 15 is 0 Å². The Bertz CT molecular complexity index is 260. The zero-order chi connectivity index (χ0) is 9.47. The number of fused-ring (bicyclic) bond motifs is 1. The van der Waals surface area contributed by atoms with Gasteiger partial charge in [0, 0.05) is 6.42 Å². The van der Waals surface area contributed by atoms with E-state index in [1.54, 1.807) is 0 Å². The Labute approximate surface area is 80.2 Å². The molecule has 0 N–H and O–H groups in total. The van der Waals surface area contributed by atoms with E-state index in [-0.39, 0.29) is 0 Å². The van der Waals surface area contributed by atoms with Crippen LogP contribution in [0.5, 0.6) is 0 Å². The number of rotatable bonds is 0. The Morgan fingerprint density at radius 2 is 2.15 bits per heavy atom. The Morgan fingerprint density at radius 3 is 2.92 bits per heavy atom. The minimum absolute atomic E-state index is 0.351. The molecule has 2 aliphatic rings. The first-order chi connectivity index (χ1) is 6.09. The lowest BCUT2D eigenvalue weighted by atomic mass is 9.63. The minimum atomic E-state index is 0.351. The molecule has 1 heteroatoms. The van der Waals surface area contributed by atoms with Crippen LogP contribution in [-0.4, -0.2) is 5.78 Å². The smallest absolute Gasteiger partial charge is 0.155 e. The first kappa shape index (κ1) is 8.98. The van der Waals surface area contributed by atoms with Crippen molar-refractivity contribution in [1.82, 2.24) is 0 Å². The van der Waals surface area contributed by atoms with Crippen LogP contribution in [-0.2, 0) is 4.79 Å². The normalized spacial score (nSPS) is 32.3. The summed E-state index contributed by atoms with van der Waals surface area (Å²) in [6.07, 6.45) is 7.55. The Balaban J connectivity index is 2.28. The average Bonchev–Trinajstić information content (AvgIpc) is 2.02. The van der Waals surface area contributed by atoms with Gasteiger partial charge in [-0.15, -0.1) is 0 Å². The molecule has 0 aromatic rings. The van der Waals surface area contributed by atoms with Crippen LogP contribution in [0.25, 0.3) is 0 Å². The summed E-state index contributed by atoms with van der Waals surface area (Å²) in [5, 5.41) is 0. The second kappa shape index (κ2) is 2.97. The molecule has 0 aromatic carbocycles. The highest BCUT2D eigenvalue weighted by Gasteiger charge is 2.37. The summed E-state index contributed by atoms with van der Waals surface area (Å²) in [4.78, 5) is 11.3. The molecular formula is C12H18O. The maximum Gasteiger partial charge on any atom is 0.155 e. The molecular weight excluding hydrogens is 160 g/mol. The highest BCUT2D eigenvalue weighted by molar-refractivity contribution is 5.91. The van der Waals surface area contributed by atoms with Crippen LogP contribution >= 0.6 is 0 Å². The summed E-state index contributed by atoms with van der Waals surface area (Å²) < 4.78 is 0. The fourth-order valence-corrected chi connectivity index (χ4v) is 2.91. The SMILES string of the molecule is CC1(C)CCCC2=CC(=O)CCC21. The van der Waals surface area contributed by atoms with Gasteiger partial charge >= 0.3 is 0 Å². The molecule has 1 fully saturated rings. The topological polar surface area (TPSA) is 17.1 Å². The Morgan fingerprint density at radius 1 is 1.38 bits per heavy atom.